The number of benzene rings is 1. The van der Waals surface area contributed by atoms with Crippen LogP contribution < -0.4 is 19.5 Å². The van der Waals surface area contributed by atoms with Gasteiger partial charge in [0.15, 0.2) is 17.3 Å². The highest BCUT2D eigenvalue weighted by atomic mass is 32.1. The fourth-order valence-electron chi connectivity index (χ4n) is 3.35. The maximum Gasteiger partial charge on any atom is 0.261 e. The molecule has 1 amide bonds. The summed E-state index contributed by atoms with van der Waals surface area (Å²) in [5.74, 6) is 2.28. The Hall–Kier alpha value is -2.91. The Kier molecular flexibility index (Phi) is 8.24. The molecule has 8 nitrogen and oxygen atoms in total. The molecule has 3 aromatic rings. The van der Waals surface area contributed by atoms with Gasteiger partial charge in [-0.1, -0.05) is 6.07 Å². The number of hydrogen-bond donors (Lipinski definition) is 1. The zero-order valence-electron chi connectivity index (χ0n) is 19.1. The number of thiophene rings is 1. The molecular weight excluding hydrogens is 430 g/mol. The van der Waals surface area contributed by atoms with E-state index < -0.39 is 0 Å². The topological polar surface area (TPSA) is 91.8 Å². The Morgan fingerprint density at radius 3 is 2.53 bits per heavy atom. The van der Waals surface area contributed by atoms with Crippen LogP contribution >= 0.6 is 11.3 Å². The second kappa shape index (κ2) is 11.1. The molecule has 0 saturated heterocycles. The number of nitrogens with one attached hydrogen (secondary N) is 1. The van der Waals surface area contributed by atoms with Crippen LogP contribution in [0.15, 0.2) is 18.2 Å². The van der Waals surface area contributed by atoms with Crippen molar-refractivity contribution in [3.8, 4) is 17.4 Å². The zero-order valence-corrected chi connectivity index (χ0v) is 19.9. The van der Waals surface area contributed by atoms with E-state index in [-0.39, 0.29) is 12.5 Å². The van der Waals surface area contributed by atoms with Crippen LogP contribution in [0.3, 0.4) is 0 Å². The summed E-state index contributed by atoms with van der Waals surface area (Å²) >= 11 is 1.33. The van der Waals surface area contributed by atoms with Gasteiger partial charge in [0.1, 0.15) is 11.4 Å². The molecule has 2 heterocycles. The minimum absolute atomic E-state index is 0.142. The van der Waals surface area contributed by atoms with Gasteiger partial charge in [-0.2, -0.15) is 4.98 Å². The van der Waals surface area contributed by atoms with E-state index in [9.17, 15) is 4.79 Å². The van der Waals surface area contributed by atoms with Gasteiger partial charge in [0.2, 0.25) is 5.88 Å². The van der Waals surface area contributed by atoms with Gasteiger partial charge in [-0.05, 0) is 50.5 Å². The van der Waals surface area contributed by atoms with Gasteiger partial charge >= 0.3 is 0 Å². The van der Waals surface area contributed by atoms with Gasteiger partial charge < -0.3 is 24.3 Å². The number of carbonyl (C=O) groups excluding carboxylic acids is 1. The van der Waals surface area contributed by atoms with E-state index in [0.717, 1.165) is 28.0 Å². The summed E-state index contributed by atoms with van der Waals surface area (Å²) < 4.78 is 21.8. The Morgan fingerprint density at radius 1 is 1.09 bits per heavy atom. The second-order valence-corrected chi connectivity index (χ2v) is 7.97. The summed E-state index contributed by atoms with van der Waals surface area (Å²) in [6, 6.07) is 5.86. The average molecular weight is 460 g/mol. The minimum Gasteiger partial charge on any atom is -0.490 e. The van der Waals surface area contributed by atoms with Crippen molar-refractivity contribution in [1.29, 1.82) is 0 Å². The normalized spacial score (nSPS) is 10.9. The van der Waals surface area contributed by atoms with Crippen molar-refractivity contribution in [1.82, 2.24) is 15.3 Å². The lowest BCUT2D eigenvalue weighted by molar-refractivity contribution is 0.0957. The SMILES string of the molecule is CCOc1ccc(CCNC(=O)c2sc3nc(COC)nc(OC)c3c2C)cc1OCC. The first-order valence-corrected chi connectivity index (χ1v) is 11.3. The second-order valence-electron chi connectivity index (χ2n) is 6.97. The molecule has 0 saturated carbocycles. The van der Waals surface area contributed by atoms with Crippen molar-refractivity contribution in [2.75, 3.05) is 34.0 Å². The molecule has 0 spiro atoms. The smallest absolute Gasteiger partial charge is 0.261 e. The van der Waals surface area contributed by atoms with E-state index in [0.29, 0.717) is 47.6 Å². The maximum atomic E-state index is 12.9. The predicted octanol–water partition coefficient (Wildman–Crippen LogP) is 3.92. The van der Waals surface area contributed by atoms with Crippen molar-refractivity contribution >= 4 is 27.5 Å². The average Bonchev–Trinajstić information content (AvgIpc) is 3.12. The fraction of sp³-hybridized carbons (Fsp3) is 0.435. The minimum atomic E-state index is -0.142. The molecule has 0 radical (unpaired) electrons. The number of aryl methyl sites for hydroxylation is 1. The Morgan fingerprint density at radius 2 is 1.84 bits per heavy atom. The largest absolute Gasteiger partial charge is 0.490 e. The maximum absolute atomic E-state index is 12.9. The van der Waals surface area contributed by atoms with Gasteiger partial charge in [0.05, 0.1) is 30.6 Å². The van der Waals surface area contributed by atoms with Gasteiger partial charge in [0, 0.05) is 13.7 Å². The summed E-state index contributed by atoms with van der Waals surface area (Å²) in [4.78, 5) is 23.1. The van der Waals surface area contributed by atoms with E-state index >= 15 is 0 Å². The molecule has 9 heteroatoms. The number of aromatic nitrogens is 2. The number of ether oxygens (including phenoxy) is 4. The fourth-order valence-corrected chi connectivity index (χ4v) is 4.46. The summed E-state index contributed by atoms with van der Waals surface area (Å²) in [6.07, 6.45) is 0.670. The lowest BCUT2D eigenvalue weighted by Gasteiger charge is -2.12. The van der Waals surface area contributed by atoms with Crippen molar-refractivity contribution in [2.45, 2.75) is 33.8 Å². The molecule has 0 atom stereocenters. The number of nitrogens with zero attached hydrogens (tertiary/aromatic N) is 2. The van der Waals surface area contributed by atoms with E-state index in [1.807, 2.05) is 39.0 Å². The Bertz CT molecular complexity index is 1080. The van der Waals surface area contributed by atoms with Gasteiger partial charge in [-0.15, -0.1) is 11.3 Å². The highest BCUT2D eigenvalue weighted by Crippen LogP contribution is 2.35. The van der Waals surface area contributed by atoms with Crippen LogP contribution in [0, 0.1) is 6.92 Å². The van der Waals surface area contributed by atoms with E-state index in [1.54, 1.807) is 14.2 Å². The van der Waals surface area contributed by atoms with Gasteiger partial charge in [0.25, 0.3) is 5.91 Å². The molecule has 0 unspecified atom stereocenters. The van der Waals surface area contributed by atoms with Crippen LogP contribution in [-0.4, -0.2) is 49.9 Å². The van der Waals surface area contributed by atoms with Gasteiger partial charge in [-0.3, -0.25) is 4.79 Å². The molecule has 0 aliphatic rings. The van der Waals surface area contributed by atoms with E-state index in [4.69, 9.17) is 18.9 Å². The summed E-state index contributed by atoms with van der Waals surface area (Å²) in [7, 11) is 3.14. The highest BCUT2D eigenvalue weighted by molar-refractivity contribution is 7.20. The van der Waals surface area contributed by atoms with Crippen LogP contribution in [0.4, 0.5) is 0 Å². The van der Waals surface area contributed by atoms with Crippen LogP contribution in [0.25, 0.3) is 10.2 Å². The monoisotopic (exact) mass is 459 g/mol. The molecule has 3 rings (SSSR count). The first-order valence-electron chi connectivity index (χ1n) is 10.5. The van der Waals surface area contributed by atoms with Crippen molar-refractivity contribution in [2.24, 2.45) is 0 Å². The standard InChI is InChI=1S/C23H29N3O5S/c1-6-30-16-9-8-15(12-17(16)31-7-2)10-11-24-21(27)20-14(3)19-22(29-5)25-18(13-28-4)26-23(19)32-20/h8-9,12H,6-7,10-11,13H2,1-5H3,(H,24,27). The third-order valence-corrected chi connectivity index (χ3v) is 5.97. The first-order chi connectivity index (χ1) is 15.5. The van der Waals surface area contributed by atoms with Crippen LogP contribution in [0.2, 0.25) is 0 Å². The quantitative estimate of drug-likeness (QED) is 0.465. The summed E-state index contributed by atoms with van der Waals surface area (Å²) in [5.41, 5.74) is 1.87. The number of rotatable bonds is 11. The highest BCUT2D eigenvalue weighted by Gasteiger charge is 2.21. The Labute approximate surface area is 191 Å². The number of amides is 1. The number of carbonyl (C=O) groups is 1. The summed E-state index contributed by atoms with van der Waals surface area (Å²) in [6.45, 7) is 7.66. The summed E-state index contributed by atoms with van der Waals surface area (Å²) in [5, 5.41) is 3.76. The lowest BCUT2D eigenvalue weighted by atomic mass is 10.1. The third-order valence-electron chi connectivity index (χ3n) is 4.78. The zero-order chi connectivity index (χ0) is 23.1. The van der Waals surface area contributed by atoms with Crippen molar-refractivity contribution in [3.05, 3.63) is 40.0 Å². The molecule has 0 bridgehead atoms. The molecule has 1 aromatic carbocycles. The third kappa shape index (κ3) is 5.28. The molecule has 1 N–H and O–H groups in total. The molecule has 0 aliphatic heterocycles. The molecular formula is C23H29N3O5S. The van der Waals surface area contributed by atoms with Crippen LogP contribution in [0.5, 0.6) is 17.4 Å². The van der Waals surface area contributed by atoms with E-state index in [1.165, 1.54) is 11.3 Å². The molecule has 32 heavy (non-hydrogen) atoms. The van der Waals surface area contributed by atoms with Crippen LogP contribution in [0.1, 0.15) is 40.5 Å². The van der Waals surface area contributed by atoms with Gasteiger partial charge in [-0.25, -0.2) is 4.98 Å². The Balaban J connectivity index is 1.72. The molecule has 0 aliphatic carbocycles. The predicted molar refractivity (Wildman–Crippen MR) is 124 cm³/mol. The number of fused-ring (bicyclic) bond motifs is 1. The first kappa shape index (κ1) is 23.7. The van der Waals surface area contributed by atoms with Crippen LogP contribution in [-0.2, 0) is 17.8 Å². The number of methoxy groups -OCH3 is 2. The van der Waals surface area contributed by atoms with E-state index in [2.05, 4.69) is 15.3 Å². The van der Waals surface area contributed by atoms with Crippen molar-refractivity contribution < 1.29 is 23.7 Å². The number of hydrogen-bond acceptors (Lipinski definition) is 8. The van der Waals surface area contributed by atoms with Crippen molar-refractivity contribution in [3.63, 3.8) is 0 Å². The molecule has 0 fully saturated rings. The molecule has 172 valence electrons. The molecule has 2 aromatic heterocycles. The lowest BCUT2D eigenvalue weighted by Crippen LogP contribution is -2.25.